The van der Waals surface area contributed by atoms with Gasteiger partial charge in [-0.2, -0.15) is 0 Å². The molecule has 3 rings (SSSR count). The second kappa shape index (κ2) is 4.16. The lowest BCUT2D eigenvalue weighted by atomic mass is 10.2. The van der Waals surface area contributed by atoms with Gasteiger partial charge in [0.15, 0.2) is 5.82 Å². The number of anilines is 1. The Hall–Kier alpha value is -1.91. The molecule has 1 aliphatic rings. The van der Waals surface area contributed by atoms with E-state index in [1.165, 1.54) is 25.7 Å². The Morgan fingerprint density at radius 1 is 1.29 bits per heavy atom. The van der Waals surface area contributed by atoms with Gasteiger partial charge in [-0.1, -0.05) is 12.8 Å². The topological polar surface area (TPSA) is 69.6 Å². The van der Waals surface area contributed by atoms with E-state index in [0.717, 1.165) is 11.5 Å². The van der Waals surface area contributed by atoms with Crippen molar-refractivity contribution in [3.8, 4) is 11.5 Å². The molecule has 5 nitrogen and oxygen atoms in total. The van der Waals surface area contributed by atoms with Crippen molar-refractivity contribution in [1.82, 2.24) is 19.7 Å². The van der Waals surface area contributed by atoms with E-state index in [2.05, 4.69) is 19.7 Å². The third-order valence-corrected chi connectivity index (χ3v) is 3.30. The van der Waals surface area contributed by atoms with E-state index in [9.17, 15) is 0 Å². The van der Waals surface area contributed by atoms with Gasteiger partial charge >= 0.3 is 0 Å². The van der Waals surface area contributed by atoms with Gasteiger partial charge in [0.25, 0.3) is 0 Å². The molecule has 2 aromatic rings. The number of nitrogens with two attached hydrogens (primary N) is 1. The molecule has 0 aliphatic heterocycles. The van der Waals surface area contributed by atoms with Gasteiger partial charge in [0, 0.05) is 17.9 Å². The van der Waals surface area contributed by atoms with Crippen LogP contribution in [0.15, 0.2) is 24.7 Å². The van der Waals surface area contributed by atoms with Crippen molar-refractivity contribution in [2.45, 2.75) is 31.7 Å². The van der Waals surface area contributed by atoms with Crippen molar-refractivity contribution in [3.05, 3.63) is 24.7 Å². The van der Waals surface area contributed by atoms with Gasteiger partial charge in [0.2, 0.25) is 0 Å². The number of rotatable bonds is 2. The van der Waals surface area contributed by atoms with Gasteiger partial charge in [-0.05, 0) is 25.0 Å². The molecule has 0 saturated heterocycles. The van der Waals surface area contributed by atoms with Crippen molar-refractivity contribution in [3.63, 3.8) is 0 Å². The van der Waals surface area contributed by atoms with Crippen LogP contribution in [0.25, 0.3) is 11.5 Å². The molecule has 1 saturated carbocycles. The summed E-state index contributed by atoms with van der Waals surface area (Å²) < 4.78 is 2.13. The Balaban J connectivity index is 2.00. The monoisotopic (exact) mass is 229 g/mol. The van der Waals surface area contributed by atoms with Crippen LogP contribution < -0.4 is 5.73 Å². The molecule has 17 heavy (non-hydrogen) atoms. The first-order chi connectivity index (χ1) is 8.34. The quantitative estimate of drug-likeness (QED) is 0.855. The Morgan fingerprint density at radius 3 is 2.88 bits per heavy atom. The number of nitrogen functional groups attached to an aromatic ring is 1. The zero-order valence-corrected chi connectivity index (χ0v) is 9.58. The van der Waals surface area contributed by atoms with Gasteiger partial charge < -0.3 is 10.3 Å². The van der Waals surface area contributed by atoms with Crippen molar-refractivity contribution in [2.24, 2.45) is 0 Å². The fraction of sp³-hybridized carbons (Fsp3) is 0.417. The van der Waals surface area contributed by atoms with Crippen LogP contribution in [-0.4, -0.2) is 19.7 Å². The van der Waals surface area contributed by atoms with Crippen LogP contribution in [-0.2, 0) is 0 Å². The smallest absolute Gasteiger partial charge is 0.182 e. The fourth-order valence-electron chi connectivity index (χ4n) is 2.44. The number of hydrogen-bond acceptors (Lipinski definition) is 4. The molecule has 0 bridgehead atoms. The minimum Gasteiger partial charge on any atom is -0.399 e. The molecule has 2 aromatic heterocycles. The lowest BCUT2D eigenvalue weighted by Gasteiger charge is -2.13. The fourth-order valence-corrected chi connectivity index (χ4v) is 2.44. The summed E-state index contributed by atoms with van der Waals surface area (Å²) in [5.74, 6) is 0.823. The van der Waals surface area contributed by atoms with Crippen LogP contribution in [0.2, 0.25) is 0 Å². The number of pyridine rings is 1. The van der Waals surface area contributed by atoms with Crippen LogP contribution in [0.4, 0.5) is 5.69 Å². The SMILES string of the molecule is Nc1ccnc(-c2nncn2C2CCCC2)c1. The molecule has 0 unspecified atom stereocenters. The zero-order chi connectivity index (χ0) is 11.7. The highest BCUT2D eigenvalue weighted by Gasteiger charge is 2.21. The minimum absolute atomic E-state index is 0.517. The summed E-state index contributed by atoms with van der Waals surface area (Å²) in [6, 6.07) is 4.14. The van der Waals surface area contributed by atoms with Crippen LogP contribution in [0.1, 0.15) is 31.7 Å². The van der Waals surface area contributed by atoms with E-state index >= 15 is 0 Å². The number of nitrogens with zero attached hydrogens (tertiary/aromatic N) is 4. The molecule has 2 N–H and O–H groups in total. The Bertz CT molecular complexity index is 513. The molecular formula is C12H15N5. The Morgan fingerprint density at radius 2 is 2.12 bits per heavy atom. The Labute approximate surface area is 99.7 Å². The van der Waals surface area contributed by atoms with Gasteiger partial charge in [-0.25, -0.2) is 0 Å². The highest BCUT2D eigenvalue weighted by molar-refractivity contribution is 5.55. The molecule has 0 spiro atoms. The second-order valence-electron chi connectivity index (χ2n) is 4.47. The van der Waals surface area contributed by atoms with E-state index in [-0.39, 0.29) is 0 Å². The molecule has 0 atom stereocenters. The minimum atomic E-state index is 0.517. The van der Waals surface area contributed by atoms with Crippen LogP contribution in [0.3, 0.4) is 0 Å². The first-order valence-electron chi connectivity index (χ1n) is 5.96. The molecule has 2 heterocycles. The summed E-state index contributed by atoms with van der Waals surface area (Å²) in [5.41, 5.74) is 7.28. The maximum absolute atomic E-state index is 5.77. The summed E-state index contributed by atoms with van der Waals surface area (Å²) >= 11 is 0. The van der Waals surface area contributed by atoms with E-state index in [4.69, 9.17) is 5.73 Å². The van der Waals surface area contributed by atoms with Crippen molar-refractivity contribution < 1.29 is 0 Å². The lowest BCUT2D eigenvalue weighted by molar-refractivity contribution is 0.521. The third kappa shape index (κ3) is 1.88. The van der Waals surface area contributed by atoms with E-state index in [1.807, 2.05) is 6.07 Å². The number of hydrogen-bond donors (Lipinski definition) is 1. The molecule has 1 aliphatic carbocycles. The highest BCUT2D eigenvalue weighted by Crippen LogP contribution is 2.32. The predicted molar refractivity (Wildman–Crippen MR) is 65.2 cm³/mol. The molecular weight excluding hydrogens is 214 g/mol. The lowest BCUT2D eigenvalue weighted by Crippen LogP contribution is -2.06. The summed E-state index contributed by atoms with van der Waals surface area (Å²) in [5, 5.41) is 8.17. The van der Waals surface area contributed by atoms with Gasteiger partial charge in [-0.15, -0.1) is 10.2 Å². The normalized spacial score (nSPS) is 16.5. The van der Waals surface area contributed by atoms with E-state index in [1.54, 1.807) is 18.6 Å². The predicted octanol–water partition coefficient (Wildman–Crippen LogP) is 2.04. The molecule has 0 aromatic carbocycles. The van der Waals surface area contributed by atoms with Gasteiger partial charge in [0.05, 0.1) is 0 Å². The average Bonchev–Trinajstić information content (AvgIpc) is 3.00. The van der Waals surface area contributed by atoms with E-state index < -0.39 is 0 Å². The molecule has 5 heteroatoms. The molecule has 1 fully saturated rings. The first-order valence-corrected chi connectivity index (χ1v) is 5.96. The number of aromatic nitrogens is 4. The third-order valence-electron chi connectivity index (χ3n) is 3.30. The standard InChI is InChI=1S/C12H15N5/c13-9-5-6-14-11(7-9)12-16-15-8-17(12)10-3-1-2-4-10/h5-8,10H,1-4H2,(H2,13,14). The summed E-state index contributed by atoms with van der Waals surface area (Å²) in [6.07, 6.45) is 8.48. The summed E-state index contributed by atoms with van der Waals surface area (Å²) in [7, 11) is 0. The largest absolute Gasteiger partial charge is 0.399 e. The average molecular weight is 229 g/mol. The molecule has 0 radical (unpaired) electrons. The molecule has 88 valence electrons. The zero-order valence-electron chi connectivity index (χ0n) is 9.58. The summed E-state index contributed by atoms with van der Waals surface area (Å²) in [4.78, 5) is 4.31. The maximum Gasteiger partial charge on any atom is 0.182 e. The van der Waals surface area contributed by atoms with Crippen LogP contribution >= 0.6 is 0 Å². The van der Waals surface area contributed by atoms with Crippen LogP contribution in [0.5, 0.6) is 0 Å². The van der Waals surface area contributed by atoms with Crippen molar-refractivity contribution in [2.75, 3.05) is 5.73 Å². The second-order valence-corrected chi connectivity index (χ2v) is 4.47. The Kier molecular flexibility index (Phi) is 2.51. The highest BCUT2D eigenvalue weighted by atomic mass is 15.3. The van der Waals surface area contributed by atoms with Crippen molar-refractivity contribution >= 4 is 5.69 Å². The van der Waals surface area contributed by atoms with Gasteiger partial charge in [-0.3, -0.25) is 4.98 Å². The summed E-state index contributed by atoms with van der Waals surface area (Å²) in [6.45, 7) is 0. The van der Waals surface area contributed by atoms with Gasteiger partial charge in [0.1, 0.15) is 12.0 Å². The maximum atomic E-state index is 5.77. The van der Waals surface area contributed by atoms with E-state index in [0.29, 0.717) is 11.7 Å². The van der Waals surface area contributed by atoms with Crippen molar-refractivity contribution in [1.29, 1.82) is 0 Å². The van der Waals surface area contributed by atoms with Crippen LogP contribution in [0, 0.1) is 0 Å². The molecule has 0 amide bonds. The first kappa shape index (κ1) is 10.3.